The molecule has 0 radical (unpaired) electrons. The molecule has 41 heavy (non-hydrogen) atoms. The molecule has 3 amide bonds. The van der Waals surface area contributed by atoms with Gasteiger partial charge in [0.05, 0.1) is 4.88 Å². The van der Waals surface area contributed by atoms with Gasteiger partial charge in [-0.2, -0.15) is 0 Å². The summed E-state index contributed by atoms with van der Waals surface area (Å²) in [5, 5.41) is 5.05. The highest BCUT2D eigenvalue weighted by Gasteiger charge is 2.26. The minimum Gasteiger partial charge on any atom is -0.444 e. The van der Waals surface area contributed by atoms with Crippen molar-refractivity contribution in [3.8, 4) is 0 Å². The first kappa shape index (κ1) is 30.4. The molecule has 0 aliphatic carbocycles. The molecule has 2 aliphatic heterocycles. The summed E-state index contributed by atoms with van der Waals surface area (Å²) in [5.74, 6) is -0.136. The molecule has 0 saturated heterocycles. The van der Waals surface area contributed by atoms with Crippen molar-refractivity contribution in [2.24, 2.45) is 0 Å². The fourth-order valence-electron chi connectivity index (χ4n) is 4.74. The molecule has 2 aromatic rings. The van der Waals surface area contributed by atoms with Gasteiger partial charge in [0.25, 0.3) is 5.91 Å². The Hall–Kier alpha value is -3.59. The summed E-state index contributed by atoms with van der Waals surface area (Å²) in [5.41, 5.74) is 5.10. The van der Waals surface area contributed by atoms with Crippen LogP contribution in [0.25, 0.3) is 11.1 Å². The number of nitrogens with one attached hydrogen (secondary N) is 1. The molecule has 0 unspecified atom stereocenters. The minimum atomic E-state index is -0.522. The van der Waals surface area contributed by atoms with E-state index in [9.17, 15) is 14.4 Å². The standard InChI is InChI=1S/C32H41N3O5S/c1-21-26(24-14-18-35(19-15-24)30(38)40-32(5,6)7)20-41-27(21)28(36)33-25-10-8-22(9-11-25)23-12-16-34(17-13-23)29(37)39-31(2,3)4/h8-12,14,20H,13,15-19H2,1-7H3,(H,33,36). The average Bonchev–Trinajstić information content (AvgIpc) is 3.28. The van der Waals surface area contributed by atoms with Crippen molar-refractivity contribution in [3.05, 3.63) is 63.4 Å². The first-order valence-electron chi connectivity index (χ1n) is 14.0. The van der Waals surface area contributed by atoms with Crippen LogP contribution in [0.15, 0.2) is 41.8 Å². The van der Waals surface area contributed by atoms with Gasteiger partial charge in [0.1, 0.15) is 11.2 Å². The van der Waals surface area contributed by atoms with E-state index in [1.54, 1.807) is 9.80 Å². The second kappa shape index (κ2) is 12.1. The first-order valence-corrected chi connectivity index (χ1v) is 14.9. The van der Waals surface area contributed by atoms with Crippen molar-refractivity contribution in [1.29, 1.82) is 0 Å². The Bertz CT molecular complexity index is 1360. The molecular formula is C32H41N3O5S. The molecule has 1 aromatic heterocycles. The first-order chi connectivity index (χ1) is 19.2. The lowest BCUT2D eigenvalue weighted by molar-refractivity contribution is 0.0260. The SMILES string of the molecule is Cc1c(C2=CCN(C(=O)OC(C)(C)C)CC2)csc1C(=O)Nc1ccc(C2=CCN(C(=O)OC(C)(C)C)CC2)cc1. The van der Waals surface area contributed by atoms with Gasteiger partial charge in [0, 0.05) is 31.9 Å². The highest BCUT2D eigenvalue weighted by molar-refractivity contribution is 7.12. The molecule has 4 rings (SSSR count). The molecule has 3 heterocycles. The van der Waals surface area contributed by atoms with E-state index in [4.69, 9.17) is 9.47 Å². The number of hydrogen-bond acceptors (Lipinski definition) is 6. The monoisotopic (exact) mass is 579 g/mol. The lowest BCUT2D eigenvalue weighted by Crippen LogP contribution is -2.39. The summed E-state index contributed by atoms with van der Waals surface area (Å²) in [6.45, 7) is 15.4. The Labute approximate surface area is 247 Å². The van der Waals surface area contributed by atoms with Crippen molar-refractivity contribution >= 4 is 46.3 Å². The zero-order valence-electron chi connectivity index (χ0n) is 25.1. The van der Waals surface area contributed by atoms with Crippen molar-refractivity contribution < 1.29 is 23.9 Å². The van der Waals surface area contributed by atoms with Gasteiger partial charge in [-0.25, -0.2) is 9.59 Å². The normalized spacial score (nSPS) is 16.1. The van der Waals surface area contributed by atoms with Crippen LogP contribution in [0.3, 0.4) is 0 Å². The molecular weight excluding hydrogens is 538 g/mol. The Kier molecular flexibility index (Phi) is 8.97. The van der Waals surface area contributed by atoms with Crippen molar-refractivity contribution in [2.45, 2.75) is 72.5 Å². The Balaban J connectivity index is 1.34. The average molecular weight is 580 g/mol. The Morgan fingerprint density at radius 2 is 1.32 bits per heavy atom. The fraction of sp³-hybridized carbons (Fsp3) is 0.469. The van der Waals surface area contributed by atoms with Crippen LogP contribution in [0.5, 0.6) is 0 Å². The molecule has 0 saturated carbocycles. The lowest BCUT2D eigenvalue weighted by atomic mass is 9.98. The number of hydrogen-bond donors (Lipinski definition) is 1. The van der Waals surface area contributed by atoms with E-state index >= 15 is 0 Å². The van der Waals surface area contributed by atoms with E-state index in [1.807, 2.05) is 78.1 Å². The maximum atomic E-state index is 13.1. The number of anilines is 1. The smallest absolute Gasteiger partial charge is 0.410 e. The molecule has 0 bridgehead atoms. The second-order valence-corrected chi connectivity index (χ2v) is 13.3. The maximum absolute atomic E-state index is 13.1. The van der Waals surface area contributed by atoms with E-state index in [0.717, 1.165) is 34.4 Å². The van der Waals surface area contributed by atoms with Crippen LogP contribution in [-0.4, -0.2) is 65.3 Å². The molecule has 1 N–H and O–H groups in total. The van der Waals surface area contributed by atoms with Crippen molar-refractivity contribution in [3.63, 3.8) is 0 Å². The summed E-state index contributed by atoms with van der Waals surface area (Å²) in [4.78, 5) is 41.9. The molecule has 8 nitrogen and oxygen atoms in total. The molecule has 0 atom stereocenters. The lowest BCUT2D eigenvalue weighted by Gasteiger charge is -2.29. The summed E-state index contributed by atoms with van der Waals surface area (Å²) < 4.78 is 11.0. The van der Waals surface area contributed by atoms with E-state index in [1.165, 1.54) is 16.9 Å². The predicted octanol–water partition coefficient (Wildman–Crippen LogP) is 7.36. The van der Waals surface area contributed by atoms with Crippen molar-refractivity contribution in [2.75, 3.05) is 31.5 Å². The molecule has 0 spiro atoms. The van der Waals surface area contributed by atoms with E-state index in [0.29, 0.717) is 37.5 Å². The molecule has 220 valence electrons. The van der Waals surface area contributed by atoms with Crippen LogP contribution < -0.4 is 5.32 Å². The molecule has 2 aliphatic rings. The quantitative estimate of drug-likeness (QED) is 0.409. The third-order valence-corrected chi connectivity index (χ3v) is 7.91. The van der Waals surface area contributed by atoms with Crippen LogP contribution in [0.1, 0.15) is 80.7 Å². The Morgan fingerprint density at radius 3 is 1.78 bits per heavy atom. The molecule has 9 heteroatoms. The van der Waals surface area contributed by atoms with Crippen LogP contribution in [0, 0.1) is 6.92 Å². The van der Waals surface area contributed by atoms with Crippen LogP contribution in [0.2, 0.25) is 0 Å². The van der Waals surface area contributed by atoms with Gasteiger partial charge >= 0.3 is 12.2 Å². The minimum absolute atomic E-state index is 0.136. The number of benzene rings is 1. The van der Waals surface area contributed by atoms with Gasteiger partial charge in [0.15, 0.2) is 0 Å². The summed E-state index contributed by atoms with van der Waals surface area (Å²) in [6, 6.07) is 7.82. The van der Waals surface area contributed by atoms with Gasteiger partial charge in [0.2, 0.25) is 0 Å². The van der Waals surface area contributed by atoms with E-state index in [-0.39, 0.29) is 18.1 Å². The highest BCUT2D eigenvalue weighted by atomic mass is 32.1. The third-order valence-electron chi connectivity index (χ3n) is 6.83. The van der Waals surface area contributed by atoms with Crippen LogP contribution >= 0.6 is 11.3 Å². The van der Waals surface area contributed by atoms with Crippen molar-refractivity contribution in [1.82, 2.24) is 9.80 Å². The largest absolute Gasteiger partial charge is 0.444 e. The van der Waals surface area contributed by atoms with Gasteiger partial charge in [-0.15, -0.1) is 11.3 Å². The maximum Gasteiger partial charge on any atom is 0.410 e. The predicted molar refractivity (Wildman–Crippen MR) is 164 cm³/mol. The molecule has 0 fully saturated rings. The van der Waals surface area contributed by atoms with Gasteiger partial charge in [-0.1, -0.05) is 24.3 Å². The number of amides is 3. The number of carbonyl (C=O) groups is 3. The summed E-state index contributed by atoms with van der Waals surface area (Å²) >= 11 is 1.43. The number of ether oxygens (including phenoxy) is 2. The number of rotatable bonds is 4. The second-order valence-electron chi connectivity index (χ2n) is 12.4. The number of nitrogens with zero attached hydrogens (tertiary/aromatic N) is 2. The highest BCUT2D eigenvalue weighted by Crippen LogP contribution is 2.32. The van der Waals surface area contributed by atoms with Gasteiger partial charge < -0.3 is 24.6 Å². The third kappa shape index (κ3) is 8.00. The zero-order chi connectivity index (χ0) is 29.9. The van der Waals surface area contributed by atoms with Crippen LogP contribution in [-0.2, 0) is 9.47 Å². The number of carbonyl (C=O) groups excluding carboxylic acids is 3. The van der Waals surface area contributed by atoms with E-state index in [2.05, 4.69) is 17.5 Å². The zero-order valence-corrected chi connectivity index (χ0v) is 25.9. The summed E-state index contributed by atoms with van der Waals surface area (Å²) in [7, 11) is 0. The topological polar surface area (TPSA) is 88.2 Å². The van der Waals surface area contributed by atoms with Gasteiger partial charge in [-0.05, 0) is 107 Å². The number of thiophene rings is 1. The van der Waals surface area contributed by atoms with Crippen LogP contribution in [0.4, 0.5) is 15.3 Å². The Morgan fingerprint density at radius 1 is 0.805 bits per heavy atom. The van der Waals surface area contributed by atoms with Gasteiger partial charge in [-0.3, -0.25) is 4.79 Å². The summed E-state index contributed by atoms with van der Waals surface area (Å²) in [6.07, 6.45) is 4.97. The molecule has 1 aromatic carbocycles. The fourth-order valence-corrected chi connectivity index (χ4v) is 5.75. The van der Waals surface area contributed by atoms with E-state index < -0.39 is 11.2 Å².